The van der Waals surface area contributed by atoms with E-state index in [0.29, 0.717) is 11.3 Å². The van der Waals surface area contributed by atoms with Gasteiger partial charge in [-0.15, -0.1) is 0 Å². The second kappa shape index (κ2) is 7.17. The van der Waals surface area contributed by atoms with Crippen LogP contribution in [0.1, 0.15) is 53.5 Å². The van der Waals surface area contributed by atoms with E-state index < -0.39 is 12.7 Å². The highest BCUT2D eigenvalue weighted by atomic mass is 16.7. The summed E-state index contributed by atoms with van der Waals surface area (Å²) in [6.07, 6.45) is 0.836. The van der Waals surface area contributed by atoms with Crippen LogP contribution < -0.4 is 10.2 Å². The van der Waals surface area contributed by atoms with E-state index >= 15 is 0 Å². The summed E-state index contributed by atoms with van der Waals surface area (Å²) < 4.78 is 17.4. The van der Waals surface area contributed by atoms with Gasteiger partial charge < -0.3 is 14.0 Å². The number of ether oxygens (including phenoxy) is 1. The standard InChI is InChI=1S/C15H20BNO3.C2H6/c1-6-15(4)14(2,3)19-16(20-15)13-9-12(18-5)8-7-11(13)10-17;1-2/h7-9H,6H2,1-5H3;1-2H3. The third kappa shape index (κ3) is 3.29. The molecule has 4 nitrogen and oxygen atoms in total. The summed E-state index contributed by atoms with van der Waals surface area (Å²) in [5.41, 5.74) is 0.472. The second-order valence-corrected chi connectivity index (χ2v) is 5.73. The van der Waals surface area contributed by atoms with Gasteiger partial charge in [-0.1, -0.05) is 20.8 Å². The molecule has 1 saturated heterocycles. The van der Waals surface area contributed by atoms with E-state index in [9.17, 15) is 5.26 Å². The minimum atomic E-state index is -0.542. The number of nitrogens with zero attached hydrogens (tertiary/aromatic N) is 1. The van der Waals surface area contributed by atoms with E-state index in [2.05, 4.69) is 13.0 Å². The molecule has 0 amide bonds. The number of hydrogen-bond donors (Lipinski definition) is 0. The van der Waals surface area contributed by atoms with Crippen molar-refractivity contribution in [2.24, 2.45) is 0 Å². The highest BCUT2D eigenvalue weighted by Gasteiger charge is 2.54. The molecule has 22 heavy (non-hydrogen) atoms. The molecule has 1 aromatic rings. The van der Waals surface area contributed by atoms with Gasteiger partial charge in [0.15, 0.2) is 0 Å². The van der Waals surface area contributed by atoms with Gasteiger partial charge in [-0.25, -0.2) is 0 Å². The topological polar surface area (TPSA) is 51.5 Å². The molecule has 0 spiro atoms. The van der Waals surface area contributed by atoms with Gasteiger partial charge in [0.2, 0.25) is 0 Å². The quantitative estimate of drug-likeness (QED) is 0.804. The fourth-order valence-corrected chi connectivity index (χ4v) is 2.40. The highest BCUT2D eigenvalue weighted by Crippen LogP contribution is 2.39. The minimum Gasteiger partial charge on any atom is -0.497 e. The molecule has 0 aromatic heterocycles. The molecule has 2 rings (SSSR count). The lowest BCUT2D eigenvalue weighted by atomic mass is 9.76. The van der Waals surface area contributed by atoms with Crippen LogP contribution in [0.3, 0.4) is 0 Å². The van der Waals surface area contributed by atoms with Gasteiger partial charge >= 0.3 is 7.12 Å². The van der Waals surface area contributed by atoms with E-state index in [1.165, 1.54) is 0 Å². The van der Waals surface area contributed by atoms with Crippen LogP contribution in [0.15, 0.2) is 18.2 Å². The first-order valence-electron chi connectivity index (χ1n) is 7.80. The van der Waals surface area contributed by atoms with E-state index in [1.54, 1.807) is 25.3 Å². The van der Waals surface area contributed by atoms with Crippen LogP contribution in [0.2, 0.25) is 0 Å². The molecule has 1 unspecified atom stereocenters. The number of benzene rings is 1. The molecule has 1 aliphatic rings. The number of hydrogen-bond acceptors (Lipinski definition) is 4. The smallest absolute Gasteiger partial charge is 0.496 e. The van der Waals surface area contributed by atoms with E-state index in [4.69, 9.17) is 14.0 Å². The fraction of sp³-hybridized carbons (Fsp3) is 0.588. The summed E-state index contributed by atoms with van der Waals surface area (Å²) in [5, 5.41) is 9.26. The van der Waals surface area contributed by atoms with Crippen LogP contribution in [-0.2, 0) is 9.31 Å². The first-order valence-corrected chi connectivity index (χ1v) is 7.80. The predicted octanol–water partition coefficient (Wildman–Crippen LogP) is 3.28. The predicted molar refractivity (Wildman–Crippen MR) is 89.4 cm³/mol. The Morgan fingerprint density at radius 1 is 1.23 bits per heavy atom. The van der Waals surface area contributed by atoms with Crippen LogP contribution in [0.25, 0.3) is 0 Å². The molecule has 0 bridgehead atoms. The van der Waals surface area contributed by atoms with Gasteiger partial charge in [-0.2, -0.15) is 5.26 Å². The van der Waals surface area contributed by atoms with Gasteiger partial charge in [0.1, 0.15) is 5.75 Å². The van der Waals surface area contributed by atoms with Crippen LogP contribution in [0.4, 0.5) is 0 Å². The Labute approximate surface area is 134 Å². The molecule has 0 aliphatic carbocycles. The maximum absolute atomic E-state index is 9.26. The molecule has 0 N–H and O–H groups in total. The van der Waals surface area contributed by atoms with Crippen LogP contribution >= 0.6 is 0 Å². The molecule has 1 fully saturated rings. The van der Waals surface area contributed by atoms with Gasteiger partial charge in [0.25, 0.3) is 0 Å². The average Bonchev–Trinajstić information content (AvgIpc) is 2.79. The van der Waals surface area contributed by atoms with Crippen molar-refractivity contribution in [1.29, 1.82) is 5.26 Å². The summed E-state index contributed by atoms with van der Waals surface area (Å²) >= 11 is 0. The van der Waals surface area contributed by atoms with Crippen molar-refractivity contribution in [2.75, 3.05) is 7.11 Å². The molecular formula is C17H26BNO3. The van der Waals surface area contributed by atoms with Crippen molar-refractivity contribution >= 4 is 12.6 Å². The molecule has 1 aromatic carbocycles. The molecule has 1 heterocycles. The monoisotopic (exact) mass is 303 g/mol. The molecule has 120 valence electrons. The van der Waals surface area contributed by atoms with Gasteiger partial charge in [0, 0.05) is 5.46 Å². The Hall–Kier alpha value is -1.51. The summed E-state index contributed by atoms with van der Waals surface area (Å²) in [6.45, 7) is 12.1. The molecule has 1 aliphatic heterocycles. The second-order valence-electron chi connectivity index (χ2n) is 5.73. The molecule has 5 heteroatoms. The summed E-state index contributed by atoms with van der Waals surface area (Å²) in [4.78, 5) is 0. The largest absolute Gasteiger partial charge is 0.497 e. The molecule has 1 atom stereocenters. The zero-order valence-corrected chi connectivity index (χ0v) is 14.7. The lowest BCUT2D eigenvalue weighted by molar-refractivity contribution is -0.0118. The first-order chi connectivity index (χ1) is 10.4. The van der Waals surface area contributed by atoms with Gasteiger partial charge in [0.05, 0.1) is 29.9 Å². The Morgan fingerprint density at radius 2 is 1.86 bits per heavy atom. The SMILES string of the molecule is CC.CCC1(C)OB(c2cc(OC)ccc2C#N)OC1(C)C. The number of methoxy groups -OCH3 is 1. The Morgan fingerprint density at radius 3 is 2.32 bits per heavy atom. The maximum atomic E-state index is 9.26. The Kier molecular flexibility index (Phi) is 6.04. The maximum Gasteiger partial charge on any atom is 0.496 e. The first kappa shape index (κ1) is 18.5. The van der Waals surface area contributed by atoms with Crippen molar-refractivity contribution in [3.05, 3.63) is 23.8 Å². The van der Waals surface area contributed by atoms with Crippen LogP contribution in [0.5, 0.6) is 5.75 Å². The van der Waals surface area contributed by atoms with Crippen molar-refractivity contribution in [3.8, 4) is 11.8 Å². The zero-order chi connectivity index (χ0) is 17.0. The van der Waals surface area contributed by atoms with Crippen molar-refractivity contribution in [2.45, 2.75) is 59.2 Å². The van der Waals surface area contributed by atoms with Crippen molar-refractivity contribution in [1.82, 2.24) is 0 Å². The fourth-order valence-electron chi connectivity index (χ4n) is 2.40. The van der Waals surface area contributed by atoms with Crippen LogP contribution in [0, 0.1) is 11.3 Å². The molecule has 0 radical (unpaired) electrons. The van der Waals surface area contributed by atoms with Crippen LogP contribution in [-0.4, -0.2) is 25.4 Å². The van der Waals surface area contributed by atoms with Crippen molar-refractivity contribution < 1.29 is 14.0 Å². The Balaban J connectivity index is 0.00000116. The lowest BCUT2D eigenvalue weighted by Gasteiger charge is -2.35. The van der Waals surface area contributed by atoms with E-state index in [1.807, 2.05) is 34.6 Å². The molecule has 0 saturated carbocycles. The summed E-state index contributed by atoms with van der Waals surface area (Å²) in [7, 11) is 1.06. The van der Waals surface area contributed by atoms with E-state index in [-0.39, 0.29) is 5.60 Å². The molecular weight excluding hydrogens is 277 g/mol. The Bertz CT molecular complexity index is 553. The van der Waals surface area contributed by atoms with Crippen molar-refractivity contribution in [3.63, 3.8) is 0 Å². The minimum absolute atomic E-state index is 0.381. The number of nitriles is 1. The third-order valence-corrected chi connectivity index (χ3v) is 4.35. The zero-order valence-electron chi connectivity index (χ0n) is 14.7. The summed E-state index contributed by atoms with van der Waals surface area (Å²) in [6, 6.07) is 7.48. The third-order valence-electron chi connectivity index (χ3n) is 4.35. The number of rotatable bonds is 3. The lowest BCUT2D eigenvalue weighted by Crippen LogP contribution is -2.44. The summed E-state index contributed by atoms with van der Waals surface area (Å²) in [5.74, 6) is 0.689. The van der Waals surface area contributed by atoms with E-state index in [0.717, 1.165) is 11.9 Å². The van der Waals surface area contributed by atoms with Gasteiger partial charge in [-0.3, -0.25) is 0 Å². The average molecular weight is 303 g/mol. The van der Waals surface area contributed by atoms with Gasteiger partial charge in [-0.05, 0) is 45.4 Å². The normalized spacial score (nSPS) is 22.5. The highest BCUT2D eigenvalue weighted by molar-refractivity contribution is 6.63.